The zero-order valence-electron chi connectivity index (χ0n) is 18.2. The highest BCUT2D eigenvalue weighted by atomic mass is 16.6. The number of para-hydroxylation sites is 1. The summed E-state index contributed by atoms with van der Waals surface area (Å²) < 4.78 is 16.9. The average Bonchev–Trinajstić information content (AvgIpc) is 3.42. The Kier molecular flexibility index (Phi) is 5.92. The molecule has 1 fully saturated rings. The third kappa shape index (κ3) is 4.40. The highest BCUT2D eigenvalue weighted by Crippen LogP contribution is 2.30. The normalized spacial score (nSPS) is 17.9. The van der Waals surface area contributed by atoms with Gasteiger partial charge in [-0.15, -0.1) is 0 Å². The molecule has 0 radical (unpaired) electrons. The molecule has 3 aromatic rings. The lowest BCUT2D eigenvalue weighted by molar-refractivity contribution is -0.0855. The van der Waals surface area contributed by atoms with Crippen LogP contribution in [-0.4, -0.2) is 49.9 Å². The van der Waals surface area contributed by atoms with Crippen molar-refractivity contribution in [1.29, 1.82) is 0 Å². The summed E-state index contributed by atoms with van der Waals surface area (Å²) in [4.78, 5) is 19.5. The first-order valence-electron chi connectivity index (χ1n) is 11.0. The smallest absolute Gasteiger partial charge is 0.251 e. The van der Waals surface area contributed by atoms with Gasteiger partial charge in [-0.1, -0.05) is 18.2 Å². The third-order valence-electron chi connectivity index (χ3n) is 5.99. The summed E-state index contributed by atoms with van der Waals surface area (Å²) in [6.45, 7) is 5.78. The molecule has 0 unspecified atom stereocenters. The van der Waals surface area contributed by atoms with E-state index < -0.39 is 0 Å². The fraction of sp³-hybridized carbons (Fsp3) is 0.360. The van der Waals surface area contributed by atoms with Crippen molar-refractivity contribution in [3.05, 3.63) is 71.1 Å². The molecule has 1 saturated heterocycles. The molecule has 1 aromatic heterocycles. The predicted octanol–water partition coefficient (Wildman–Crippen LogP) is 3.36. The minimum atomic E-state index is -0.136. The van der Waals surface area contributed by atoms with Gasteiger partial charge in [-0.3, -0.25) is 4.79 Å². The van der Waals surface area contributed by atoms with Crippen molar-refractivity contribution >= 4 is 11.6 Å². The van der Waals surface area contributed by atoms with E-state index in [0.29, 0.717) is 37.8 Å². The second-order valence-electron chi connectivity index (χ2n) is 8.18. The Morgan fingerprint density at radius 1 is 1.16 bits per heavy atom. The first-order valence-corrected chi connectivity index (χ1v) is 11.0. The highest BCUT2D eigenvalue weighted by molar-refractivity contribution is 5.94. The number of hydrogen-bond acceptors (Lipinski definition) is 6. The molecule has 1 atom stereocenters. The molecule has 1 amide bonds. The number of ether oxygens (including phenoxy) is 2. The van der Waals surface area contributed by atoms with E-state index in [4.69, 9.17) is 18.9 Å². The van der Waals surface area contributed by atoms with Crippen LogP contribution in [0.25, 0.3) is 11.5 Å². The molecule has 3 heterocycles. The Morgan fingerprint density at radius 2 is 2.00 bits per heavy atom. The number of hydrogen-bond donors (Lipinski definition) is 1. The molecule has 0 saturated carbocycles. The van der Waals surface area contributed by atoms with E-state index in [0.717, 1.165) is 36.5 Å². The van der Waals surface area contributed by atoms with Crippen LogP contribution in [0, 0.1) is 6.92 Å². The topological polar surface area (TPSA) is 76.8 Å². The molecule has 2 aliphatic rings. The number of nitrogens with zero attached hydrogens (tertiary/aromatic N) is 2. The molecular weight excluding hydrogens is 406 g/mol. The molecule has 1 N–H and O–H groups in total. The van der Waals surface area contributed by atoms with E-state index in [1.54, 1.807) is 12.1 Å². The maximum Gasteiger partial charge on any atom is 0.251 e. The largest absolute Gasteiger partial charge is 0.441 e. The summed E-state index contributed by atoms with van der Waals surface area (Å²) in [5, 5.41) is 2.90. The van der Waals surface area contributed by atoms with Gasteiger partial charge < -0.3 is 24.1 Å². The van der Waals surface area contributed by atoms with Gasteiger partial charge in [0.15, 0.2) is 0 Å². The van der Waals surface area contributed by atoms with Gasteiger partial charge in [0.2, 0.25) is 5.89 Å². The van der Waals surface area contributed by atoms with E-state index in [2.05, 4.69) is 34.5 Å². The van der Waals surface area contributed by atoms with E-state index in [-0.39, 0.29) is 12.0 Å². The van der Waals surface area contributed by atoms with Crippen LogP contribution in [0.5, 0.6) is 0 Å². The molecule has 32 heavy (non-hydrogen) atoms. The van der Waals surface area contributed by atoms with Crippen molar-refractivity contribution in [3.63, 3.8) is 0 Å². The number of anilines is 1. The molecule has 7 nitrogen and oxygen atoms in total. The van der Waals surface area contributed by atoms with E-state index in [1.807, 2.05) is 19.1 Å². The fourth-order valence-corrected chi connectivity index (χ4v) is 4.18. The maximum absolute atomic E-state index is 12.4. The maximum atomic E-state index is 12.4. The van der Waals surface area contributed by atoms with Crippen LogP contribution in [0.3, 0.4) is 0 Å². The van der Waals surface area contributed by atoms with E-state index in [9.17, 15) is 4.79 Å². The summed E-state index contributed by atoms with van der Waals surface area (Å²) in [5.74, 6) is 1.26. The number of carbonyl (C=O) groups is 1. The monoisotopic (exact) mass is 433 g/mol. The summed E-state index contributed by atoms with van der Waals surface area (Å²) in [6.07, 6.45) is 0.965. The Bertz CT molecular complexity index is 1090. The van der Waals surface area contributed by atoms with Gasteiger partial charge in [0.05, 0.1) is 32.5 Å². The minimum Gasteiger partial charge on any atom is -0.441 e. The summed E-state index contributed by atoms with van der Waals surface area (Å²) in [7, 11) is 0. The predicted molar refractivity (Wildman–Crippen MR) is 121 cm³/mol. The van der Waals surface area contributed by atoms with Gasteiger partial charge in [0.25, 0.3) is 5.91 Å². The molecular formula is C25H27N3O4. The molecule has 2 aliphatic heterocycles. The number of carbonyl (C=O) groups excluding carboxylic acids is 1. The van der Waals surface area contributed by atoms with E-state index in [1.165, 1.54) is 11.3 Å². The van der Waals surface area contributed by atoms with Crippen molar-refractivity contribution in [2.45, 2.75) is 26.0 Å². The number of aryl methyl sites for hydroxylation is 1. The van der Waals surface area contributed by atoms with Gasteiger partial charge >= 0.3 is 0 Å². The molecule has 7 heteroatoms. The van der Waals surface area contributed by atoms with Crippen LogP contribution in [0.1, 0.15) is 27.4 Å². The Balaban J connectivity index is 1.23. The van der Waals surface area contributed by atoms with Gasteiger partial charge in [-0.2, -0.15) is 0 Å². The summed E-state index contributed by atoms with van der Waals surface area (Å²) >= 11 is 0. The number of aromatic nitrogens is 1. The van der Waals surface area contributed by atoms with Crippen LogP contribution >= 0.6 is 0 Å². The second kappa shape index (κ2) is 9.14. The lowest BCUT2D eigenvalue weighted by Gasteiger charge is -2.23. The van der Waals surface area contributed by atoms with Gasteiger partial charge in [0, 0.05) is 29.9 Å². The summed E-state index contributed by atoms with van der Waals surface area (Å²) in [6, 6.07) is 15.8. The molecule has 166 valence electrons. The molecule has 2 aromatic carbocycles. The zero-order valence-corrected chi connectivity index (χ0v) is 18.2. The van der Waals surface area contributed by atoms with Crippen molar-refractivity contribution in [2.75, 3.05) is 37.8 Å². The number of nitrogens with one attached hydrogen (secondary N) is 1. The molecule has 0 aliphatic carbocycles. The standard InChI is InChI=1S/C25H27N3O4/c1-17-22(15-28-11-10-18-4-2-3-5-23(18)28)27-25(32-17)20-8-6-19(7-9-20)24(29)26-14-21-16-30-12-13-31-21/h2-9,21H,10-16H2,1H3,(H,26,29)/t21-/m0/s1. The van der Waals surface area contributed by atoms with Crippen molar-refractivity contribution in [3.8, 4) is 11.5 Å². The Hall–Kier alpha value is -3.16. The minimum absolute atomic E-state index is 0.0942. The number of fused-ring (bicyclic) bond motifs is 1. The highest BCUT2D eigenvalue weighted by Gasteiger charge is 2.22. The molecule has 0 bridgehead atoms. The SMILES string of the molecule is Cc1oc(-c2ccc(C(=O)NC[C@H]3COCCO3)cc2)nc1CN1CCc2ccccc21. The van der Waals surface area contributed by atoms with Crippen LogP contribution in [-0.2, 0) is 22.4 Å². The Morgan fingerprint density at radius 3 is 2.81 bits per heavy atom. The van der Waals surface area contributed by atoms with E-state index >= 15 is 0 Å². The number of amides is 1. The van der Waals surface area contributed by atoms with Crippen LogP contribution in [0.15, 0.2) is 52.9 Å². The van der Waals surface area contributed by atoms with Crippen LogP contribution in [0.2, 0.25) is 0 Å². The van der Waals surface area contributed by atoms with Crippen LogP contribution in [0.4, 0.5) is 5.69 Å². The molecule has 5 rings (SSSR count). The van der Waals surface area contributed by atoms with Gasteiger partial charge in [-0.05, 0) is 49.2 Å². The second-order valence-corrected chi connectivity index (χ2v) is 8.18. The van der Waals surface area contributed by atoms with Crippen molar-refractivity contribution in [2.24, 2.45) is 0 Å². The van der Waals surface area contributed by atoms with Gasteiger partial charge in [-0.25, -0.2) is 4.98 Å². The number of rotatable bonds is 6. The quantitative estimate of drug-likeness (QED) is 0.642. The van der Waals surface area contributed by atoms with Crippen molar-refractivity contribution in [1.82, 2.24) is 10.3 Å². The first kappa shape index (κ1) is 20.7. The molecule has 0 spiro atoms. The summed E-state index contributed by atoms with van der Waals surface area (Å²) in [5.41, 5.74) is 5.03. The number of benzene rings is 2. The third-order valence-corrected chi connectivity index (χ3v) is 5.99. The average molecular weight is 434 g/mol. The van der Waals surface area contributed by atoms with Gasteiger partial charge in [0.1, 0.15) is 11.5 Å². The Labute approximate surface area is 187 Å². The number of oxazole rings is 1. The lowest BCUT2D eigenvalue weighted by atomic mass is 10.1. The zero-order chi connectivity index (χ0) is 21.9. The fourth-order valence-electron chi connectivity index (χ4n) is 4.18. The first-order chi connectivity index (χ1) is 15.7. The van der Waals surface area contributed by atoms with Crippen molar-refractivity contribution < 1.29 is 18.7 Å². The van der Waals surface area contributed by atoms with Crippen LogP contribution < -0.4 is 10.2 Å². The lowest BCUT2D eigenvalue weighted by Crippen LogP contribution is -2.39.